The van der Waals surface area contributed by atoms with Crippen LogP contribution in [0.2, 0.25) is 0 Å². The van der Waals surface area contributed by atoms with E-state index in [1.165, 1.54) is 15.8 Å². The fraction of sp³-hybridized carbons (Fsp3) is 0.391. The lowest BCUT2D eigenvalue weighted by atomic mass is 9.87. The van der Waals surface area contributed by atoms with Crippen molar-refractivity contribution in [2.45, 2.75) is 38.1 Å². The van der Waals surface area contributed by atoms with Crippen molar-refractivity contribution in [1.82, 2.24) is 10.3 Å². The van der Waals surface area contributed by atoms with Gasteiger partial charge in [0.15, 0.2) is 5.13 Å². The largest absolute Gasteiger partial charge is 0.349 e. The predicted octanol–water partition coefficient (Wildman–Crippen LogP) is 4.71. The van der Waals surface area contributed by atoms with Crippen LogP contribution in [0, 0.1) is 5.92 Å². The quantitative estimate of drug-likeness (QED) is 0.703. The molecule has 0 spiro atoms. The number of benzene rings is 2. The number of thiazole rings is 1. The Morgan fingerprint density at radius 3 is 2.68 bits per heavy atom. The third-order valence-corrected chi connectivity index (χ3v) is 7.20. The third kappa shape index (κ3) is 3.39. The third-order valence-electron chi connectivity index (χ3n) is 6.10. The van der Waals surface area contributed by atoms with Gasteiger partial charge in [-0.05, 0) is 55.4 Å². The molecule has 4 nitrogen and oxygen atoms in total. The van der Waals surface area contributed by atoms with Gasteiger partial charge in [-0.15, -0.1) is 0 Å². The topological polar surface area (TPSA) is 45.2 Å². The number of para-hydroxylation sites is 1. The molecule has 5 rings (SSSR count). The first-order valence-corrected chi connectivity index (χ1v) is 11.1. The number of anilines is 1. The molecule has 2 heterocycles. The summed E-state index contributed by atoms with van der Waals surface area (Å²) in [6, 6.07) is 17.0. The molecule has 1 amide bonds. The van der Waals surface area contributed by atoms with Crippen molar-refractivity contribution < 1.29 is 4.79 Å². The highest BCUT2D eigenvalue weighted by atomic mass is 32.1. The molecule has 1 fully saturated rings. The SMILES string of the molecule is O=C(N[C@H]1CCCc2ccccc21)C1CCN(c2nc3ccccc3s2)CC1. The minimum Gasteiger partial charge on any atom is -0.349 e. The maximum absolute atomic E-state index is 12.9. The van der Waals surface area contributed by atoms with Crippen LogP contribution < -0.4 is 10.2 Å². The molecule has 3 aromatic rings. The van der Waals surface area contributed by atoms with E-state index in [0.29, 0.717) is 0 Å². The van der Waals surface area contributed by atoms with Crippen LogP contribution in [0.25, 0.3) is 10.2 Å². The average Bonchev–Trinajstić information content (AvgIpc) is 3.18. The Kier molecular flexibility index (Phi) is 4.77. The first-order chi connectivity index (χ1) is 13.8. The van der Waals surface area contributed by atoms with Gasteiger partial charge in [-0.3, -0.25) is 4.79 Å². The summed E-state index contributed by atoms with van der Waals surface area (Å²) in [7, 11) is 0. The zero-order valence-electron chi connectivity index (χ0n) is 15.9. The minimum atomic E-state index is 0.111. The highest BCUT2D eigenvalue weighted by molar-refractivity contribution is 7.22. The van der Waals surface area contributed by atoms with E-state index in [1.807, 2.05) is 6.07 Å². The van der Waals surface area contributed by atoms with E-state index in [1.54, 1.807) is 11.3 Å². The van der Waals surface area contributed by atoms with Gasteiger partial charge in [0.2, 0.25) is 5.91 Å². The van der Waals surface area contributed by atoms with E-state index in [4.69, 9.17) is 4.98 Å². The summed E-state index contributed by atoms with van der Waals surface area (Å²) in [5.74, 6) is 0.338. The van der Waals surface area contributed by atoms with Gasteiger partial charge >= 0.3 is 0 Å². The van der Waals surface area contributed by atoms with Crippen molar-refractivity contribution >= 4 is 32.6 Å². The number of rotatable bonds is 3. The molecule has 1 atom stereocenters. The summed E-state index contributed by atoms with van der Waals surface area (Å²) in [4.78, 5) is 20.0. The Balaban J connectivity index is 1.22. The van der Waals surface area contributed by atoms with Crippen LogP contribution in [0.5, 0.6) is 0 Å². The second-order valence-corrected chi connectivity index (χ2v) is 8.89. The molecule has 1 aliphatic heterocycles. The summed E-state index contributed by atoms with van der Waals surface area (Å²) in [6.45, 7) is 1.80. The molecule has 1 aromatic heterocycles. The van der Waals surface area contributed by atoms with Crippen LogP contribution in [0.4, 0.5) is 5.13 Å². The van der Waals surface area contributed by atoms with Gasteiger partial charge in [0.05, 0.1) is 16.3 Å². The molecule has 2 aromatic carbocycles. The Morgan fingerprint density at radius 1 is 1.04 bits per heavy atom. The standard InChI is InChI=1S/C23H25N3OS/c27-22(24-19-10-5-7-16-6-1-2-8-18(16)19)17-12-14-26(15-13-17)23-25-20-9-3-4-11-21(20)28-23/h1-4,6,8-9,11,17,19H,5,7,10,12-15H2,(H,24,27)/t19-/m0/s1. The van der Waals surface area contributed by atoms with Crippen molar-refractivity contribution in [3.05, 3.63) is 59.7 Å². The number of nitrogens with one attached hydrogen (secondary N) is 1. The lowest BCUT2D eigenvalue weighted by molar-refractivity contribution is -0.126. The number of fused-ring (bicyclic) bond motifs is 2. The number of carbonyl (C=O) groups is 1. The molecule has 0 saturated carbocycles. The highest BCUT2D eigenvalue weighted by Gasteiger charge is 2.29. The van der Waals surface area contributed by atoms with Crippen molar-refractivity contribution in [1.29, 1.82) is 0 Å². The minimum absolute atomic E-state index is 0.111. The zero-order valence-corrected chi connectivity index (χ0v) is 16.8. The Labute approximate surface area is 169 Å². The molecule has 0 bridgehead atoms. The van der Waals surface area contributed by atoms with Gasteiger partial charge < -0.3 is 10.2 Å². The number of amides is 1. The first-order valence-electron chi connectivity index (χ1n) is 10.3. The zero-order chi connectivity index (χ0) is 18.9. The summed E-state index contributed by atoms with van der Waals surface area (Å²) >= 11 is 1.75. The van der Waals surface area contributed by atoms with Gasteiger partial charge in [-0.2, -0.15) is 0 Å². The molecule has 5 heteroatoms. The predicted molar refractivity (Wildman–Crippen MR) is 115 cm³/mol. The molecule has 28 heavy (non-hydrogen) atoms. The average molecular weight is 392 g/mol. The molecule has 1 aliphatic carbocycles. The molecule has 0 radical (unpaired) electrons. The fourth-order valence-electron chi connectivity index (χ4n) is 4.52. The summed E-state index contributed by atoms with van der Waals surface area (Å²) in [6.07, 6.45) is 5.13. The van der Waals surface area contributed by atoms with E-state index in [9.17, 15) is 4.79 Å². The van der Waals surface area contributed by atoms with Crippen LogP contribution in [-0.2, 0) is 11.2 Å². The number of aryl methyl sites for hydroxylation is 1. The first kappa shape index (κ1) is 17.7. The van der Waals surface area contributed by atoms with Crippen molar-refractivity contribution in [3.8, 4) is 0 Å². The van der Waals surface area contributed by atoms with Crippen molar-refractivity contribution in [2.24, 2.45) is 5.92 Å². The van der Waals surface area contributed by atoms with E-state index >= 15 is 0 Å². The number of carbonyl (C=O) groups excluding carboxylic acids is 1. The van der Waals surface area contributed by atoms with Gasteiger partial charge in [-0.1, -0.05) is 47.7 Å². The molecule has 2 aliphatic rings. The smallest absolute Gasteiger partial charge is 0.223 e. The monoisotopic (exact) mass is 391 g/mol. The Hall–Kier alpha value is -2.40. The molecular weight excluding hydrogens is 366 g/mol. The van der Waals surface area contributed by atoms with Crippen molar-refractivity contribution in [2.75, 3.05) is 18.0 Å². The maximum atomic E-state index is 12.9. The molecule has 1 saturated heterocycles. The van der Waals surface area contributed by atoms with Crippen LogP contribution in [0.3, 0.4) is 0 Å². The lowest BCUT2D eigenvalue weighted by Gasteiger charge is -2.33. The van der Waals surface area contributed by atoms with E-state index in [0.717, 1.165) is 55.8 Å². The van der Waals surface area contributed by atoms with E-state index in [-0.39, 0.29) is 17.9 Å². The van der Waals surface area contributed by atoms with Gasteiger partial charge in [-0.25, -0.2) is 4.98 Å². The number of nitrogens with zero attached hydrogens (tertiary/aromatic N) is 2. The highest BCUT2D eigenvalue weighted by Crippen LogP contribution is 2.33. The summed E-state index contributed by atoms with van der Waals surface area (Å²) in [5.41, 5.74) is 3.78. The summed E-state index contributed by atoms with van der Waals surface area (Å²) in [5, 5.41) is 4.43. The van der Waals surface area contributed by atoms with Crippen LogP contribution in [-0.4, -0.2) is 24.0 Å². The van der Waals surface area contributed by atoms with Crippen LogP contribution >= 0.6 is 11.3 Å². The van der Waals surface area contributed by atoms with Gasteiger partial charge in [0.1, 0.15) is 0 Å². The second-order valence-electron chi connectivity index (χ2n) is 7.88. The fourth-order valence-corrected chi connectivity index (χ4v) is 5.54. The number of hydrogen-bond acceptors (Lipinski definition) is 4. The number of piperidine rings is 1. The number of hydrogen-bond donors (Lipinski definition) is 1. The normalized spacial score (nSPS) is 20.1. The van der Waals surface area contributed by atoms with Crippen molar-refractivity contribution in [3.63, 3.8) is 0 Å². The lowest BCUT2D eigenvalue weighted by Crippen LogP contribution is -2.42. The Bertz CT molecular complexity index is 957. The van der Waals surface area contributed by atoms with Crippen LogP contribution in [0.1, 0.15) is 42.9 Å². The van der Waals surface area contributed by atoms with Gasteiger partial charge in [0, 0.05) is 19.0 Å². The van der Waals surface area contributed by atoms with Crippen LogP contribution in [0.15, 0.2) is 48.5 Å². The summed E-state index contributed by atoms with van der Waals surface area (Å²) < 4.78 is 1.23. The molecule has 0 unspecified atom stereocenters. The van der Waals surface area contributed by atoms with E-state index < -0.39 is 0 Å². The van der Waals surface area contributed by atoms with Gasteiger partial charge in [0.25, 0.3) is 0 Å². The maximum Gasteiger partial charge on any atom is 0.223 e. The molecule has 144 valence electrons. The molecule has 1 N–H and O–H groups in total. The Morgan fingerprint density at radius 2 is 1.82 bits per heavy atom. The number of aromatic nitrogens is 1. The molecular formula is C23H25N3OS. The second kappa shape index (κ2) is 7.55. The van der Waals surface area contributed by atoms with E-state index in [2.05, 4.69) is 52.7 Å².